The van der Waals surface area contributed by atoms with Gasteiger partial charge in [-0.2, -0.15) is 0 Å². The molecular formula is C19H22N4O2. The zero-order valence-electron chi connectivity index (χ0n) is 14.5. The Morgan fingerprint density at radius 3 is 2.84 bits per heavy atom. The number of aryl methyl sites for hydroxylation is 1. The van der Waals surface area contributed by atoms with Crippen LogP contribution in [0.4, 0.5) is 0 Å². The zero-order chi connectivity index (χ0) is 17.8. The van der Waals surface area contributed by atoms with Crippen LogP contribution in [0.2, 0.25) is 0 Å². The summed E-state index contributed by atoms with van der Waals surface area (Å²) in [6, 6.07) is 7.50. The Bertz CT molecular complexity index is 763. The van der Waals surface area contributed by atoms with Gasteiger partial charge in [0.2, 0.25) is 5.91 Å². The maximum Gasteiger partial charge on any atom is 0.270 e. The van der Waals surface area contributed by atoms with Crippen molar-refractivity contribution in [3.8, 4) is 0 Å². The normalized spacial score (nSPS) is 19.9. The summed E-state index contributed by atoms with van der Waals surface area (Å²) in [7, 11) is 1.80. The predicted octanol–water partition coefficient (Wildman–Crippen LogP) is 1.99. The molecule has 2 aromatic heterocycles. The Hall–Kier alpha value is -2.76. The van der Waals surface area contributed by atoms with Crippen LogP contribution >= 0.6 is 0 Å². The van der Waals surface area contributed by atoms with E-state index in [1.165, 1.54) is 0 Å². The standard InChI is InChI=1S/C19H22N4O2/c1-3-13-6-5-9-21-17(13)19(25)22-12-15-10-16(24)23(2)18(15)14-7-4-8-20-11-14/h4-9,11,15,18H,3,10,12H2,1-2H3,(H,22,25)/t15-,18-/m0/s1. The van der Waals surface area contributed by atoms with Gasteiger partial charge in [-0.15, -0.1) is 0 Å². The first-order valence-electron chi connectivity index (χ1n) is 8.49. The third-order valence-electron chi connectivity index (χ3n) is 4.73. The summed E-state index contributed by atoms with van der Waals surface area (Å²) in [6.07, 6.45) is 6.28. The van der Waals surface area contributed by atoms with E-state index >= 15 is 0 Å². The van der Waals surface area contributed by atoms with Crippen molar-refractivity contribution in [2.45, 2.75) is 25.8 Å². The molecule has 0 unspecified atom stereocenters. The van der Waals surface area contributed by atoms with Gasteiger partial charge in [0.25, 0.3) is 5.91 Å². The van der Waals surface area contributed by atoms with Crippen LogP contribution in [-0.4, -0.2) is 40.3 Å². The number of nitrogens with zero attached hydrogens (tertiary/aromatic N) is 3. The van der Waals surface area contributed by atoms with E-state index in [2.05, 4.69) is 15.3 Å². The van der Waals surface area contributed by atoms with Gasteiger partial charge in [-0.05, 0) is 29.7 Å². The fraction of sp³-hybridized carbons (Fsp3) is 0.368. The van der Waals surface area contributed by atoms with E-state index < -0.39 is 0 Å². The molecule has 3 rings (SSSR count). The Balaban J connectivity index is 1.73. The van der Waals surface area contributed by atoms with Gasteiger partial charge in [-0.3, -0.25) is 19.6 Å². The number of likely N-dealkylation sites (tertiary alicyclic amines) is 1. The minimum Gasteiger partial charge on any atom is -0.350 e. The van der Waals surface area contributed by atoms with Gasteiger partial charge in [0, 0.05) is 44.5 Å². The third-order valence-corrected chi connectivity index (χ3v) is 4.73. The lowest BCUT2D eigenvalue weighted by Crippen LogP contribution is -2.33. The number of pyridine rings is 2. The lowest BCUT2D eigenvalue weighted by molar-refractivity contribution is -0.127. The summed E-state index contributed by atoms with van der Waals surface area (Å²) < 4.78 is 0. The zero-order valence-corrected chi connectivity index (χ0v) is 14.5. The SMILES string of the molecule is CCc1cccnc1C(=O)NC[C@@H]1CC(=O)N(C)[C@H]1c1cccnc1. The Kier molecular flexibility index (Phi) is 5.07. The molecule has 1 aliphatic heterocycles. The first-order chi connectivity index (χ1) is 12.1. The lowest BCUT2D eigenvalue weighted by atomic mass is 9.94. The van der Waals surface area contributed by atoms with Crippen molar-refractivity contribution in [1.29, 1.82) is 0 Å². The van der Waals surface area contributed by atoms with Crippen LogP contribution in [0, 0.1) is 5.92 Å². The average Bonchev–Trinajstić information content (AvgIpc) is 2.94. The number of carbonyl (C=O) groups is 2. The lowest BCUT2D eigenvalue weighted by Gasteiger charge is -2.25. The Morgan fingerprint density at radius 1 is 1.32 bits per heavy atom. The van der Waals surface area contributed by atoms with Crippen molar-refractivity contribution in [2.75, 3.05) is 13.6 Å². The first-order valence-corrected chi connectivity index (χ1v) is 8.49. The summed E-state index contributed by atoms with van der Waals surface area (Å²) in [6.45, 7) is 2.42. The largest absolute Gasteiger partial charge is 0.350 e. The fourth-order valence-corrected chi connectivity index (χ4v) is 3.42. The second-order valence-electron chi connectivity index (χ2n) is 6.27. The number of nitrogens with one attached hydrogen (secondary N) is 1. The van der Waals surface area contributed by atoms with Crippen LogP contribution < -0.4 is 5.32 Å². The molecular weight excluding hydrogens is 316 g/mol. The van der Waals surface area contributed by atoms with Crippen molar-refractivity contribution < 1.29 is 9.59 Å². The summed E-state index contributed by atoms with van der Waals surface area (Å²) in [5.74, 6) is -0.0935. The molecule has 1 fully saturated rings. The van der Waals surface area contributed by atoms with E-state index in [0.717, 1.165) is 17.5 Å². The minimum atomic E-state index is -0.190. The smallest absolute Gasteiger partial charge is 0.270 e. The molecule has 1 aliphatic rings. The number of carbonyl (C=O) groups excluding carboxylic acids is 2. The van der Waals surface area contributed by atoms with Crippen molar-refractivity contribution in [2.24, 2.45) is 5.92 Å². The molecule has 0 aliphatic carbocycles. The minimum absolute atomic E-state index is 0.0134. The molecule has 6 heteroatoms. The molecule has 0 radical (unpaired) electrons. The molecule has 130 valence electrons. The van der Waals surface area contributed by atoms with Gasteiger partial charge in [0.15, 0.2) is 0 Å². The number of amides is 2. The Labute approximate surface area is 147 Å². The molecule has 2 atom stereocenters. The quantitative estimate of drug-likeness (QED) is 0.905. The molecule has 1 saturated heterocycles. The molecule has 2 aromatic rings. The molecule has 0 bridgehead atoms. The van der Waals surface area contributed by atoms with Crippen LogP contribution in [0.15, 0.2) is 42.9 Å². The van der Waals surface area contributed by atoms with E-state index in [0.29, 0.717) is 18.7 Å². The molecule has 1 N–H and O–H groups in total. The summed E-state index contributed by atoms with van der Waals surface area (Å²) in [4.78, 5) is 34.8. The highest BCUT2D eigenvalue weighted by atomic mass is 16.2. The van der Waals surface area contributed by atoms with Crippen LogP contribution in [0.5, 0.6) is 0 Å². The fourth-order valence-electron chi connectivity index (χ4n) is 3.42. The summed E-state index contributed by atoms with van der Waals surface area (Å²) in [5, 5.41) is 2.96. The Morgan fingerprint density at radius 2 is 2.12 bits per heavy atom. The predicted molar refractivity (Wildman–Crippen MR) is 93.8 cm³/mol. The molecule has 6 nitrogen and oxygen atoms in total. The van der Waals surface area contributed by atoms with Crippen molar-refractivity contribution >= 4 is 11.8 Å². The number of aromatic nitrogens is 2. The molecule has 3 heterocycles. The second-order valence-corrected chi connectivity index (χ2v) is 6.27. The molecule has 2 amide bonds. The molecule has 0 spiro atoms. The number of hydrogen-bond donors (Lipinski definition) is 1. The van der Waals surface area contributed by atoms with Gasteiger partial charge < -0.3 is 10.2 Å². The van der Waals surface area contributed by atoms with E-state index in [-0.39, 0.29) is 23.8 Å². The van der Waals surface area contributed by atoms with Gasteiger partial charge in [0.05, 0.1) is 6.04 Å². The van der Waals surface area contributed by atoms with E-state index in [4.69, 9.17) is 0 Å². The maximum absolute atomic E-state index is 12.5. The topological polar surface area (TPSA) is 75.2 Å². The van der Waals surface area contributed by atoms with Gasteiger partial charge in [0.1, 0.15) is 5.69 Å². The van der Waals surface area contributed by atoms with Crippen LogP contribution in [0.3, 0.4) is 0 Å². The maximum atomic E-state index is 12.5. The summed E-state index contributed by atoms with van der Waals surface area (Å²) >= 11 is 0. The van der Waals surface area contributed by atoms with Crippen LogP contribution in [0.25, 0.3) is 0 Å². The summed E-state index contributed by atoms with van der Waals surface area (Å²) in [5.41, 5.74) is 2.37. The monoisotopic (exact) mass is 338 g/mol. The van der Waals surface area contributed by atoms with Gasteiger partial charge >= 0.3 is 0 Å². The van der Waals surface area contributed by atoms with Crippen molar-refractivity contribution in [1.82, 2.24) is 20.2 Å². The van der Waals surface area contributed by atoms with Gasteiger partial charge in [-0.1, -0.05) is 19.1 Å². The molecule has 0 aromatic carbocycles. The highest BCUT2D eigenvalue weighted by Gasteiger charge is 2.38. The van der Waals surface area contributed by atoms with Crippen LogP contribution in [-0.2, 0) is 11.2 Å². The number of rotatable bonds is 5. The highest BCUT2D eigenvalue weighted by Crippen LogP contribution is 2.36. The third kappa shape index (κ3) is 3.52. The van der Waals surface area contributed by atoms with Gasteiger partial charge in [-0.25, -0.2) is 0 Å². The molecule has 0 saturated carbocycles. The second kappa shape index (κ2) is 7.42. The first kappa shape index (κ1) is 17.1. The van der Waals surface area contributed by atoms with Crippen LogP contribution in [0.1, 0.15) is 41.0 Å². The van der Waals surface area contributed by atoms with E-state index in [1.807, 2.05) is 31.2 Å². The van der Waals surface area contributed by atoms with E-state index in [1.54, 1.807) is 30.5 Å². The van der Waals surface area contributed by atoms with Crippen molar-refractivity contribution in [3.63, 3.8) is 0 Å². The molecule has 25 heavy (non-hydrogen) atoms. The number of hydrogen-bond acceptors (Lipinski definition) is 4. The average molecular weight is 338 g/mol. The van der Waals surface area contributed by atoms with E-state index in [9.17, 15) is 9.59 Å². The van der Waals surface area contributed by atoms with Crippen molar-refractivity contribution in [3.05, 3.63) is 59.7 Å². The highest BCUT2D eigenvalue weighted by molar-refractivity contribution is 5.93.